The van der Waals surface area contributed by atoms with E-state index in [9.17, 15) is 14.4 Å². The van der Waals surface area contributed by atoms with Crippen molar-refractivity contribution < 1.29 is 14.4 Å². The molecule has 2 heterocycles. The Hall–Kier alpha value is -4.01. The van der Waals surface area contributed by atoms with E-state index < -0.39 is 18.1 Å². The molecule has 244 valence electrons. The van der Waals surface area contributed by atoms with E-state index in [0.717, 1.165) is 49.0 Å². The standard InChI is InChI=1S/C38H49N5O3/c1-4-42(5-2)26-30-21-22-31-23-24-33(37(45)40-34(28-17-11-7-12-18-28)29-19-13-8-14-20-29)43(31)38(46)35(30)41-36(44)32(39-3)25-27-15-9-6-10-16-27/h6-20,30-35,39H,4-5,21-26H2,1-3H3,(H,40,45)(H,41,44)/t30-,31+,32-,33+,35+/m1/s1. The molecule has 8 nitrogen and oxygen atoms in total. The first-order valence-electron chi connectivity index (χ1n) is 16.9. The first kappa shape index (κ1) is 33.4. The van der Waals surface area contributed by atoms with E-state index in [1.54, 1.807) is 7.05 Å². The van der Waals surface area contributed by atoms with Crippen molar-refractivity contribution in [2.75, 3.05) is 26.7 Å². The third-order valence-electron chi connectivity index (χ3n) is 9.85. The number of likely N-dealkylation sites (N-methyl/N-ethyl adjacent to an activating group) is 1. The van der Waals surface area contributed by atoms with Crippen LogP contribution in [0.5, 0.6) is 0 Å². The second kappa shape index (κ2) is 16.0. The normalized spacial score (nSPS) is 21.9. The predicted molar refractivity (Wildman–Crippen MR) is 182 cm³/mol. The molecule has 0 radical (unpaired) electrons. The first-order valence-corrected chi connectivity index (χ1v) is 16.9. The molecule has 0 unspecified atom stereocenters. The molecule has 0 aromatic heterocycles. The van der Waals surface area contributed by atoms with Gasteiger partial charge in [-0.25, -0.2) is 0 Å². The number of rotatable bonds is 13. The molecule has 5 rings (SSSR count). The van der Waals surface area contributed by atoms with E-state index in [1.165, 1.54) is 0 Å². The molecular weight excluding hydrogens is 574 g/mol. The Labute approximate surface area is 273 Å². The summed E-state index contributed by atoms with van der Waals surface area (Å²) in [6.45, 7) is 6.71. The lowest BCUT2D eigenvalue weighted by Crippen LogP contribution is -2.59. The molecule has 0 aliphatic carbocycles. The van der Waals surface area contributed by atoms with Gasteiger partial charge in [-0.2, -0.15) is 0 Å². The summed E-state index contributed by atoms with van der Waals surface area (Å²) in [6.07, 6.45) is 3.52. The first-order chi connectivity index (χ1) is 22.4. The summed E-state index contributed by atoms with van der Waals surface area (Å²) < 4.78 is 0. The molecule has 0 spiro atoms. The second-order valence-corrected chi connectivity index (χ2v) is 12.6. The predicted octanol–water partition coefficient (Wildman–Crippen LogP) is 4.32. The number of benzene rings is 3. The zero-order chi connectivity index (χ0) is 32.5. The summed E-state index contributed by atoms with van der Waals surface area (Å²) in [5, 5.41) is 9.66. The molecule has 2 aliphatic heterocycles. The fourth-order valence-corrected chi connectivity index (χ4v) is 7.20. The topological polar surface area (TPSA) is 93.8 Å². The van der Waals surface area contributed by atoms with Gasteiger partial charge in [-0.15, -0.1) is 0 Å². The van der Waals surface area contributed by atoms with Crippen LogP contribution in [0.15, 0.2) is 91.0 Å². The zero-order valence-electron chi connectivity index (χ0n) is 27.4. The minimum atomic E-state index is -0.711. The van der Waals surface area contributed by atoms with Gasteiger partial charge in [-0.1, -0.05) is 105 Å². The molecule has 2 fully saturated rings. The number of amides is 3. The SMILES string of the molecule is CCN(CC)C[C@H]1CC[C@H]2CC[C@@H](C(=O)NC(c3ccccc3)c3ccccc3)N2C(=O)[C@H]1NC(=O)[C@@H](Cc1ccccc1)NC. The van der Waals surface area contributed by atoms with Crippen LogP contribution in [0.25, 0.3) is 0 Å². The average molecular weight is 624 g/mol. The largest absolute Gasteiger partial charge is 0.343 e. The summed E-state index contributed by atoms with van der Waals surface area (Å²) in [5.41, 5.74) is 3.02. The summed E-state index contributed by atoms with van der Waals surface area (Å²) in [4.78, 5) is 46.7. The Morgan fingerprint density at radius 2 is 1.39 bits per heavy atom. The Kier molecular flexibility index (Phi) is 11.6. The summed E-state index contributed by atoms with van der Waals surface area (Å²) >= 11 is 0. The van der Waals surface area contributed by atoms with Gasteiger partial charge in [0.05, 0.1) is 12.1 Å². The zero-order valence-corrected chi connectivity index (χ0v) is 27.4. The monoisotopic (exact) mass is 623 g/mol. The van der Waals surface area contributed by atoms with Crippen LogP contribution < -0.4 is 16.0 Å². The number of carbonyl (C=O) groups is 3. The van der Waals surface area contributed by atoms with Crippen molar-refractivity contribution in [2.24, 2.45) is 5.92 Å². The van der Waals surface area contributed by atoms with Crippen LogP contribution in [-0.4, -0.2) is 78.4 Å². The summed E-state index contributed by atoms with van der Waals surface area (Å²) in [7, 11) is 1.78. The van der Waals surface area contributed by atoms with Crippen molar-refractivity contribution in [3.63, 3.8) is 0 Å². The molecule has 0 saturated carbocycles. The van der Waals surface area contributed by atoms with Crippen LogP contribution in [0, 0.1) is 5.92 Å². The van der Waals surface area contributed by atoms with E-state index in [0.29, 0.717) is 19.4 Å². The lowest BCUT2D eigenvalue weighted by Gasteiger charge is -2.34. The molecule has 3 aromatic rings. The van der Waals surface area contributed by atoms with Gasteiger partial charge in [-0.3, -0.25) is 14.4 Å². The van der Waals surface area contributed by atoms with Gasteiger partial charge in [0.2, 0.25) is 17.7 Å². The van der Waals surface area contributed by atoms with Crippen LogP contribution in [0.4, 0.5) is 0 Å². The van der Waals surface area contributed by atoms with E-state index in [-0.39, 0.29) is 35.7 Å². The van der Waals surface area contributed by atoms with Crippen molar-refractivity contribution in [3.05, 3.63) is 108 Å². The highest BCUT2D eigenvalue weighted by Gasteiger charge is 2.48. The Bertz CT molecular complexity index is 1380. The highest BCUT2D eigenvalue weighted by atomic mass is 16.2. The molecule has 0 bridgehead atoms. The van der Waals surface area contributed by atoms with Gasteiger partial charge >= 0.3 is 0 Å². The molecule has 5 atom stereocenters. The Balaban J connectivity index is 1.40. The third kappa shape index (κ3) is 7.85. The van der Waals surface area contributed by atoms with Crippen molar-refractivity contribution in [2.45, 2.75) is 76.2 Å². The maximum atomic E-state index is 14.6. The summed E-state index contributed by atoms with van der Waals surface area (Å²) in [5.74, 6) is -0.545. The van der Waals surface area contributed by atoms with Crippen LogP contribution in [-0.2, 0) is 20.8 Å². The smallest absolute Gasteiger partial charge is 0.246 e. The van der Waals surface area contributed by atoms with Crippen molar-refractivity contribution in [1.29, 1.82) is 0 Å². The maximum absolute atomic E-state index is 14.6. The molecule has 3 N–H and O–H groups in total. The minimum Gasteiger partial charge on any atom is -0.343 e. The van der Waals surface area contributed by atoms with E-state index >= 15 is 0 Å². The summed E-state index contributed by atoms with van der Waals surface area (Å²) in [6, 6.07) is 27.6. The van der Waals surface area contributed by atoms with Gasteiger partial charge in [0, 0.05) is 18.5 Å². The molecule has 46 heavy (non-hydrogen) atoms. The number of hydrogen-bond acceptors (Lipinski definition) is 5. The lowest BCUT2D eigenvalue weighted by atomic mass is 9.92. The van der Waals surface area contributed by atoms with Gasteiger partial charge in [0.25, 0.3) is 0 Å². The number of fused-ring (bicyclic) bond motifs is 1. The van der Waals surface area contributed by atoms with Gasteiger partial charge in [0.15, 0.2) is 0 Å². The van der Waals surface area contributed by atoms with Crippen molar-refractivity contribution in [1.82, 2.24) is 25.8 Å². The lowest BCUT2D eigenvalue weighted by molar-refractivity contribution is -0.144. The number of hydrogen-bond donors (Lipinski definition) is 3. The molecule has 8 heteroatoms. The van der Waals surface area contributed by atoms with Gasteiger partial charge in [-0.05, 0) is 68.9 Å². The average Bonchev–Trinajstić information content (AvgIpc) is 3.49. The van der Waals surface area contributed by atoms with E-state index in [2.05, 4.69) is 34.7 Å². The van der Waals surface area contributed by atoms with E-state index in [1.807, 2.05) is 95.9 Å². The Morgan fingerprint density at radius 3 is 1.96 bits per heavy atom. The van der Waals surface area contributed by atoms with Gasteiger partial charge < -0.3 is 25.8 Å². The van der Waals surface area contributed by atoms with Crippen LogP contribution in [0.3, 0.4) is 0 Å². The number of nitrogens with one attached hydrogen (secondary N) is 3. The minimum absolute atomic E-state index is 0.0272. The third-order valence-corrected chi connectivity index (χ3v) is 9.85. The molecule has 3 amide bonds. The molecule has 2 aliphatic rings. The fraction of sp³-hybridized carbons (Fsp3) is 0.447. The van der Waals surface area contributed by atoms with Gasteiger partial charge in [0.1, 0.15) is 12.1 Å². The van der Waals surface area contributed by atoms with Crippen molar-refractivity contribution in [3.8, 4) is 0 Å². The highest BCUT2D eigenvalue weighted by molar-refractivity contribution is 5.94. The quantitative estimate of drug-likeness (QED) is 0.264. The van der Waals surface area contributed by atoms with Crippen LogP contribution in [0.2, 0.25) is 0 Å². The Morgan fingerprint density at radius 1 is 0.826 bits per heavy atom. The molecular formula is C38H49N5O3. The molecule has 2 saturated heterocycles. The second-order valence-electron chi connectivity index (χ2n) is 12.6. The maximum Gasteiger partial charge on any atom is 0.246 e. The fourth-order valence-electron chi connectivity index (χ4n) is 7.20. The molecule has 3 aromatic carbocycles. The van der Waals surface area contributed by atoms with E-state index in [4.69, 9.17) is 0 Å². The number of carbonyl (C=O) groups excluding carboxylic acids is 3. The van der Waals surface area contributed by atoms with Crippen molar-refractivity contribution >= 4 is 17.7 Å². The van der Waals surface area contributed by atoms with Crippen LogP contribution >= 0.6 is 0 Å². The van der Waals surface area contributed by atoms with Crippen LogP contribution in [0.1, 0.15) is 62.3 Å². The number of nitrogens with zero attached hydrogens (tertiary/aromatic N) is 2. The highest BCUT2D eigenvalue weighted by Crippen LogP contribution is 2.35.